The second-order valence-corrected chi connectivity index (χ2v) is 3.73. The third-order valence-electron chi connectivity index (χ3n) is 1.94. The number of thiophene rings is 1. The molecule has 0 saturated carbocycles. The summed E-state index contributed by atoms with van der Waals surface area (Å²) in [7, 11) is 1.55. The van der Waals surface area contributed by atoms with Gasteiger partial charge >= 0.3 is 0 Å². The lowest BCUT2D eigenvalue weighted by atomic mass is 10.2. The molecule has 68 valence electrons. The van der Waals surface area contributed by atoms with E-state index in [0.717, 1.165) is 15.8 Å². The minimum absolute atomic E-state index is 0.194. The number of aromatic hydroxyl groups is 1. The van der Waals surface area contributed by atoms with Crippen molar-refractivity contribution in [2.75, 3.05) is 7.11 Å². The summed E-state index contributed by atoms with van der Waals surface area (Å²) >= 11 is 1.24. The van der Waals surface area contributed by atoms with Gasteiger partial charge in [-0.1, -0.05) is 11.3 Å². The molecule has 13 heavy (non-hydrogen) atoms. The van der Waals surface area contributed by atoms with Crippen LogP contribution in [0.1, 0.15) is 5.56 Å². The topological polar surface area (TPSA) is 42.4 Å². The van der Waals surface area contributed by atoms with Gasteiger partial charge in [0.2, 0.25) is 5.06 Å². The summed E-state index contributed by atoms with van der Waals surface area (Å²) in [5, 5.41) is 10.6. The molecule has 0 saturated heterocycles. The molecule has 0 aliphatic heterocycles. The summed E-state index contributed by atoms with van der Waals surface area (Å²) in [4.78, 5) is 4.96. The summed E-state index contributed by atoms with van der Waals surface area (Å²) in [5.41, 5.74) is 1.07. The number of rotatable bonds is 1. The molecule has 0 radical (unpaired) electrons. The maximum absolute atomic E-state index is 9.51. The number of methoxy groups -OCH3 is 1. The predicted octanol–water partition coefficient (Wildman–Crippen LogP) is 2.32. The first-order valence-corrected chi connectivity index (χ1v) is 4.66. The zero-order valence-corrected chi connectivity index (χ0v) is 8.18. The van der Waals surface area contributed by atoms with Crippen LogP contribution in [0.25, 0.3) is 10.2 Å². The lowest BCUT2D eigenvalue weighted by Gasteiger charge is -1.99. The molecule has 0 bridgehead atoms. The molecule has 0 unspecified atom stereocenters. The number of fused-ring (bicyclic) bond motifs is 1. The van der Waals surface area contributed by atoms with E-state index in [1.807, 2.05) is 13.0 Å². The summed E-state index contributed by atoms with van der Waals surface area (Å²) < 4.78 is 5.10. The Morgan fingerprint density at radius 1 is 1.54 bits per heavy atom. The van der Waals surface area contributed by atoms with Crippen LogP contribution in [0.2, 0.25) is 0 Å². The first-order chi connectivity index (χ1) is 6.24. The average Bonchev–Trinajstić information content (AvgIpc) is 2.42. The minimum Gasteiger partial charge on any atom is -0.497 e. The third kappa shape index (κ3) is 1.14. The van der Waals surface area contributed by atoms with Crippen molar-refractivity contribution in [1.29, 1.82) is 0 Å². The van der Waals surface area contributed by atoms with Gasteiger partial charge in [-0.05, 0) is 18.6 Å². The summed E-state index contributed by atoms with van der Waals surface area (Å²) in [6.45, 7) is 1.97. The van der Waals surface area contributed by atoms with Gasteiger partial charge in [-0.15, -0.1) is 0 Å². The van der Waals surface area contributed by atoms with E-state index >= 15 is 0 Å². The number of ether oxygens (including phenoxy) is 1. The molecule has 3 nitrogen and oxygen atoms in total. The molecule has 0 atom stereocenters. The second-order valence-electron chi connectivity index (χ2n) is 2.75. The number of nitrogens with zero attached hydrogens (tertiary/aromatic N) is 1. The zero-order chi connectivity index (χ0) is 9.42. The van der Waals surface area contributed by atoms with Crippen molar-refractivity contribution >= 4 is 21.6 Å². The van der Waals surface area contributed by atoms with Gasteiger partial charge in [-0.25, -0.2) is 4.98 Å². The molecular weight excluding hydrogens is 186 g/mol. The van der Waals surface area contributed by atoms with Crippen molar-refractivity contribution in [2.45, 2.75) is 6.92 Å². The van der Waals surface area contributed by atoms with Crippen molar-refractivity contribution in [3.8, 4) is 10.8 Å². The Labute approximate surface area is 79.6 Å². The van der Waals surface area contributed by atoms with Gasteiger partial charge in [0.15, 0.2) is 5.75 Å². The average molecular weight is 195 g/mol. The van der Waals surface area contributed by atoms with Crippen LogP contribution in [0, 0.1) is 6.92 Å². The Bertz CT molecular complexity index is 450. The van der Waals surface area contributed by atoms with Crippen LogP contribution in [-0.4, -0.2) is 17.2 Å². The molecule has 2 heterocycles. The van der Waals surface area contributed by atoms with Gasteiger partial charge in [0, 0.05) is 6.20 Å². The molecule has 0 aliphatic rings. The summed E-state index contributed by atoms with van der Waals surface area (Å²) in [6, 6.07) is 1.90. The normalized spacial score (nSPS) is 10.6. The minimum atomic E-state index is 0.194. The first-order valence-electron chi connectivity index (χ1n) is 3.85. The molecule has 0 aliphatic carbocycles. The van der Waals surface area contributed by atoms with Crippen LogP contribution >= 0.6 is 11.3 Å². The van der Waals surface area contributed by atoms with Crippen LogP contribution in [0.15, 0.2) is 12.3 Å². The van der Waals surface area contributed by atoms with E-state index in [2.05, 4.69) is 4.98 Å². The van der Waals surface area contributed by atoms with Gasteiger partial charge < -0.3 is 9.84 Å². The summed E-state index contributed by atoms with van der Waals surface area (Å²) in [5.74, 6) is 0.533. The predicted molar refractivity (Wildman–Crippen MR) is 52.6 cm³/mol. The highest BCUT2D eigenvalue weighted by molar-refractivity contribution is 7.20. The Morgan fingerprint density at radius 2 is 2.31 bits per heavy atom. The largest absolute Gasteiger partial charge is 0.497 e. The molecule has 4 heteroatoms. The van der Waals surface area contributed by atoms with Crippen molar-refractivity contribution in [1.82, 2.24) is 4.98 Å². The van der Waals surface area contributed by atoms with E-state index < -0.39 is 0 Å². The highest BCUT2D eigenvalue weighted by Gasteiger charge is 2.13. The first kappa shape index (κ1) is 8.31. The van der Waals surface area contributed by atoms with Crippen molar-refractivity contribution in [2.24, 2.45) is 0 Å². The number of aromatic nitrogens is 1. The SMILES string of the molecule is COc1c(O)sc2nccc(C)c12. The molecule has 2 aromatic rings. The maximum atomic E-state index is 9.51. The fourth-order valence-electron chi connectivity index (χ4n) is 1.32. The molecule has 2 rings (SSSR count). The highest BCUT2D eigenvalue weighted by Crippen LogP contribution is 2.43. The Balaban J connectivity index is 2.88. The molecule has 0 fully saturated rings. The highest BCUT2D eigenvalue weighted by atomic mass is 32.1. The van der Waals surface area contributed by atoms with Gasteiger partial charge in [-0.2, -0.15) is 0 Å². The molecule has 0 amide bonds. The van der Waals surface area contributed by atoms with Crippen molar-refractivity contribution < 1.29 is 9.84 Å². The standard InChI is InChI=1S/C9H9NO2S/c1-5-3-4-10-8-6(5)7(12-2)9(11)13-8/h3-4,11H,1-2H3. The van der Waals surface area contributed by atoms with Crippen molar-refractivity contribution in [3.63, 3.8) is 0 Å². The quantitative estimate of drug-likeness (QED) is 0.759. The zero-order valence-electron chi connectivity index (χ0n) is 7.37. The fraction of sp³-hybridized carbons (Fsp3) is 0.222. The molecule has 1 N–H and O–H groups in total. The van der Waals surface area contributed by atoms with Gasteiger partial charge in [0.05, 0.1) is 12.5 Å². The van der Waals surface area contributed by atoms with Crippen LogP contribution in [0.3, 0.4) is 0 Å². The molecule has 2 aromatic heterocycles. The second kappa shape index (κ2) is 2.88. The fourth-order valence-corrected chi connectivity index (χ4v) is 2.25. The lowest BCUT2D eigenvalue weighted by Crippen LogP contribution is -1.83. The monoisotopic (exact) mass is 195 g/mol. The maximum Gasteiger partial charge on any atom is 0.217 e. The number of aryl methyl sites for hydroxylation is 1. The van der Waals surface area contributed by atoms with Crippen molar-refractivity contribution in [3.05, 3.63) is 17.8 Å². The van der Waals surface area contributed by atoms with Gasteiger partial charge in [0.25, 0.3) is 0 Å². The van der Waals surface area contributed by atoms with Crippen LogP contribution in [-0.2, 0) is 0 Å². The smallest absolute Gasteiger partial charge is 0.217 e. The van der Waals surface area contributed by atoms with Gasteiger partial charge in [0.1, 0.15) is 4.83 Å². The summed E-state index contributed by atoms with van der Waals surface area (Å²) in [6.07, 6.45) is 1.73. The van der Waals surface area contributed by atoms with Crippen LogP contribution in [0.4, 0.5) is 0 Å². The van der Waals surface area contributed by atoms with Crippen LogP contribution < -0.4 is 4.74 Å². The van der Waals surface area contributed by atoms with E-state index in [-0.39, 0.29) is 5.06 Å². The number of pyridine rings is 1. The van der Waals surface area contributed by atoms with E-state index in [0.29, 0.717) is 5.75 Å². The number of hydrogen-bond donors (Lipinski definition) is 1. The number of hydrogen-bond acceptors (Lipinski definition) is 4. The van der Waals surface area contributed by atoms with E-state index in [9.17, 15) is 5.11 Å². The van der Waals surface area contributed by atoms with E-state index in [1.165, 1.54) is 11.3 Å². The molecule has 0 spiro atoms. The Morgan fingerprint density at radius 3 is 3.00 bits per heavy atom. The van der Waals surface area contributed by atoms with E-state index in [1.54, 1.807) is 13.3 Å². The lowest BCUT2D eigenvalue weighted by molar-refractivity contribution is 0.385. The third-order valence-corrected chi connectivity index (χ3v) is 2.82. The molecular formula is C9H9NO2S. The Hall–Kier alpha value is -1.29. The van der Waals surface area contributed by atoms with Gasteiger partial charge in [-0.3, -0.25) is 0 Å². The van der Waals surface area contributed by atoms with E-state index in [4.69, 9.17) is 4.74 Å². The molecule has 0 aromatic carbocycles. The Kier molecular flexibility index (Phi) is 1.84. The van der Waals surface area contributed by atoms with Crippen LogP contribution in [0.5, 0.6) is 10.8 Å².